The Balaban J connectivity index is 1.90. The summed E-state index contributed by atoms with van der Waals surface area (Å²) in [6.07, 6.45) is 4.85. The number of ether oxygens (including phenoxy) is 1. The van der Waals surface area contributed by atoms with Gasteiger partial charge in [-0.1, -0.05) is 6.92 Å². The Morgan fingerprint density at radius 2 is 2.38 bits per heavy atom. The second-order valence-corrected chi connectivity index (χ2v) is 6.54. The molecule has 2 heterocycles. The number of nitrogens with zero attached hydrogens (tertiary/aromatic N) is 2. The number of nitrogens with one attached hydrogen (secondary N) is 1. The lowest BCUT2D eigenvalue weighted by atomic mass is 9.89. The van der Waals surface area contributed by atoms with Crippen LogP contribution in [0.3, 0.4) is 0 Å². The Morgan fingerprint density at radius 1 is 1.52 bits per heavy atom. The second-order valence-electron chi connectivity index (χ2n) is 5.45. The first-order chi connectivity index (χ1) is 10.2. The number of amides is 1. The molecule has 3 rings (SSSR count). The fourth-order valence-corrected chi connectivity index (χ4v) is 4.08. The first-order valence-corrected chi connectivity index (χ1v) is 8.15. The Morgan fingerprint density at radius 3 is 3.19 bits per heavy atom. The highest BCUT2D eigenvalue weighted by molar-refractivity contribution is 7.18. The number of hydrogen-bond acceptors (Lipinski definition) is 5. The molecular weight excluding hydrogens is 286 g/mol. The van der Waals surface area contributed by atoms with Gasteiger partial charge < -0.3 is 10.1 Å². The number of thiophene rings is 1. The molecule has 0 spiro atoms. The van der Waals surface area contributed by atoms with Gasteiger partial charge >= 0.3 is 0 Å². The quantitative estimate of drug-likeness (QED) is 0.941. The summed E-state index contributed by atoms with van der Waals surface area (Å²) in [6, 6.07) is 0. The van der Waals surface area contributed by atoms with Crippen molar-refractivity contribution in [2.75, 3.05) is 13.2 Å². The van der Waals surface area contributed by atoms with E-state index in [1.54, 1.807) is 11.3 Å². The van der Waals surface area contributed by atoms with Crippen LogP contribution < -0.4 is 10.1 Å². The molecule has 21 heavy (non-hydrogen) atoms. The van der Waals surface area contributed by atoms with Crippen LogP contribution in [0.15, 0.2) is 6.33 Å². The molecular formula is C15H19N3O2S. The average Bonchev–Trinajstić information content (AvgIpc) is 2.83. The van der Waals surface area contributed by atoms with Crippen LogP contribution >= 0.6 is 11.3 Å². The van der Waals surface area contributed by atoms with E-state index in [0.29, 0.717) is 12.4 Å². The molecule has 1 aliphatic rings. The number of carbonyl (C=O) groups is 1. The van der Waals surface area contributed by atoms with Gasteiger partial charge in [-0.15, -0.1) is 11.3 Å². The third kappa shape index (κ3) is 2.85. The van der Waals surface area contributed by atoms with Crippen LogP contribution in [0, 0.1) is 5.92 Å². The summed E-state index contributed by atoms with van der Waals surface area (Å²) in [5.74, 6) is 1.14. The molecule has 1 N–H and O–H groups in total. The lowest BCUT2D eigenvalue weighted by Crippen LogP contribution is -2.28. The second kappa shape index (κ2) is 5.97. The Hall–Kier alpha value is -1.69. The van der Waals surface area contributed by atoms with E-state index in [1.807, 2.05) is 6.92 Å². The van der Waals surface area contributed by atoms with E-state index < -0.39 is 0 Å². The van der Waals surface area contributed by atoms with Crippen LogP contribution in [0.1, 0.15) is 30.7 Å². The van der Waals surface area contributed by atoms with E-state index in [1.165, 1.54) is 23.2 Å². The molecule has 0 fully saturated rings. The van der Waals surface area contributed by atoms with Gasteiger partial charge in [0.2, 0.25) is 5.88 Å². The molecule has 0 aliphatic heterocycles. The summed E-state index contributed by atoms with van der Waals surface area (Å²) in [5.41, 5.74) is 1.32. The maximum atomic E-state index is 11.5. The molecule has 112 valence electrons. The maximum Gasteiger partial charge on any atom is 0.257 e. The zero-order valence-electron chi connectivity index (χ0n) is 12.3. The van der Waals surface area contributed by atoms with Crippen molar-refractivity contribution in [3.05, 3.63) is 16.8 Å². The number of hydrogen-bond donors (Lipinski definition) is 1. The molecule has 1 aliphatic carbocycles. The van der Waals surface area contributed by atoms with E-state index in [2.05, 4.69) is 22.2 Å². The molecule has 6 heteroatoms. The minimum absolute atomic E-state index is 0.000968. The van der Waals surface area contributed by atoms with Crippen LogP contribution in [-0.4, -0.2) is 29.0 Å². The highest BCUT2D eigenvalue weighted by Gasteiger charge is 2.23. The van der Waals surface area contributed by atoms with Gasteiger partial charge in [0.05, 0.1) is 5.39 Å². The van der Waals surface area contributed by atoms with Gasteiger partial charge in [0.1, 0.15) is 11.2 Å². The summed E-state index contributed by atoms with van der Waals surface area (Å²) in [6.45, 7) is 4.77. The Kier molecular flexibility index (Phi) is 4.05. The molecule has 1 unspecified atom stereocenters. The number of aryl methyl sites for hydroxylation is 1. The molecule has 0 radical (unpaired) electrons. The highest BCUT2D eigenvalue weighted by atomic mass is 32.1. The molecule has 0 bridgehead atoms. The number of aromatic nitrogens is 2. The van der Waals surface area contributed by atoms with Gasteiger partial charge in [0.15, 0.2) is 6.61 Å². The zero-order valence-corrected chi connectivity index (χ0v) is 13.1. The van der Waals surface area contributed by atoms with Crippen molar-refractivity contribution in [2.24, 2.45) is 5.92 Å². The molecule has 0 saturated carbocycles. The van der Waals surface area contributed by atoms with Gasteiger partial charge in [-0.05, 0) is 37.7 Å². The van der Waals surface area contributed by atoms with Gasteiger partial charge in [-0.25, -0.2) is 9.97 Å². The predicted molar refractivity (Wildman–Crippen MR) is 82.8 cm³/mol. The number of fused-ring (bicyclic) bond motifs is 3. The molecule has 2 aromatic heterocycles. The molecule has 0 saturated heterocycles. The SMILES string of the molecule is CCNC(=O)COc1ncnc2sc3c(c12)CCC(C)C3. The van der Waals surface area contributed by atoms with E-state index in [4.69, 9.17) is 4.74 Å². The average molecular weight is 305 g/mol. The molecule has 2 aromatic rings. The van der Waals surface area contributed by atoms with Crippen molar-refractivity contribution in [1.29, 1.82) is 0 Å². The Bertz CT molecular complexity index is 668. The summed E-state index contributed by atoms with van der Waals surface area (Å²) >= 11 is 1.73. The fourth-order valence-electron chi connectivity index (χ4n) is 2.74. The summed E-state index contributed by atoms with van der Waals surface area (Å²) in [5, 5.41) is 3.73. The lowest BCUT2D eigenvalue weighted by molar-refractivity contribution is -0.123. The molecule has 1 atom stereocenters. The third-order valence-electron chi connectivity index (χ3n) is 3.77. The smallest absolute Gasteiger partial charge is 0.257 e. The number of carbonyl (C=O) groups excluding carboxylic acids is 1. The van der Waals surface area contributed by atoms with E-state index in [9.17, 15) is 4.79 Å². The standard InChI is InChI=1S/C15H19N3O2S/c1-3-16-12(19)7-20-14-13-10-5-4-9(2)6-11(10)21-15(13)18-8-17-14/h8-9H,3-7H2,1-2H3,(H,16,19). The largest absolute Gasteiger partial charge is 0.467 e. The van der Waals surface area contributed by atoms with Crippen molar-refractivity contribution in [3.8, 4) is 5.88 Å². The van der Waals surface area contributed by atoms with Gasteiger partial charge in [-0.2, -0.15) is 0 Å². The lowest BCUT2D eigenvalue weighted by Gasteiger charge is -2.18. The third-order valence-corrected chi connectivity index (χ3v) is 4.93. The summed E-state index contributed by atoms with van der Waals surface area (Å²) < 4.78 is 5.63. The first kappa shape index (κ1) is 14.3. The minimum Gasteiger partial charge on any atom is -0.467 e. The van der Waals surface area contributed by atoms with Gasteiger partial charge in [0.25, 0.3) is 5.91 Å². The number of rotatable bonds is 4. The monoisotopic (exact) mass is 305 g/mol. The van der Waals surface area contributed by atoms with Crippen molar-refractivity contribution in [1.82, 2.24) is 15.3 Å². The van der Waals surface area contributed by atoms with E-state index in [0.717, 1.165) is 29.0 Å². The van der Waals surface area contributed by atoms with Crippen LogP contribution in [-0.2, 0) is 17.6 Å². The van der Waals surface area contributed by atoms with Gasteiger partial charge in [0, 0.05) is 11.4 Å². The van der Waals surface area contributed by atoms with Crippen molar-refractivity contribution < 1.29 is 9.53 Å². The topological polar surface area (TPSA) is 64.1 Å². The molecule has 5 nitrogen and oxygen atoms in total. The Labute approximate surface area is 127 Å². The van der Waals surface area contributed by atoms with Crippen molar-refractivity contribution in [3.63, 3.8) is 0 Å². The zero-order chi connectivity index (χ0) is 14.8. The van der Waals surface area contributed by atoms with Gasteiger partial charge in [-0.3, -0.25) is 4.79 Å². The van der Waals surface area contributed by atoms with Crippen LogP contribution in [0.25, 0.3) is 10.2 Å². The van der Waals surface area contributed by atoms with Crippen molar-refractivity contribution in [2.45, 2.75) is 33.1 Å². The van der Waals surface area contributed by atoms with E-state index >= 15 is 0 Å². The van der Waals surface area contributed by atoms with Crippen LogP contribution in [0.4, 0.5) is 0 Å². The van der Waals surface area contributed by atoms with Crippen molar-refractivity contribution >= 4 is 27.5 Å². The minimum atomic E-state index is -0.123. The summed E-state index contributed by atoms with van der Waals surface area (Å²) in [7, 11) is 0. The maximum absolute atomic E-state index is 11.5. The highest BCUT2D eigenvalue weighted by Crippen LogP contribution is 2.40. The number of likely N-dealkylation sites (N-methyl/N-ethyl adjacent to an activating group) is 1. The normalized spacial score (nSPS) is 17.5. The predicted octanol–water partition coefficient (Wildman–Crippen LogP) is 2.33. The van der Waals surface area contributed by atoms with Crippen LogP contribution in [0.2, 0.25) is 0 Å². The summed E-state index contributed by atoms with van der Waals surface area (Å²) in [4.78, 5) is 22.5. The molecule has 1 amide bonds. The molecule has 0 aromatic carbocycles. The fraction of sp³-hybridized carbons (Fsp3) is 0.533. The van der Waals surface area contributed by atoms with E-state index in [-0.39, 0.29) is 12.5 Å². The van der Waals surface area contributed by atoms with Crippen LogP contribution in [0.5, 0.6) is 5.88 Å². The first-order valence-electron chi connectivity index (χ1n) is 7.33.